The topological polar surface area (TPSA) is 88.4 Å². The molecule has 1 aromatic heterocycles. The van der Waals surface area contributed by atoms with Crippen molar-refractivity contribution in [2.75, 3.05) is 25.1 Å². The Morgan fingerprint density at radius 2 is 2.04 bits per heavy atom. The summed E-state index contributed by atoms with van der Waals surface area (Å²) in [6, 6.07) is 0.160. The number of nitrogens with one attached hydrogen (secondary N) is 2. The minimum absolute atomic E-state index is 0.0543. The third-order valence-corrected chi connectivity index (χ3v) is 4.55. The van der Waals surface area contributed by atoms with E-state index < -0.39 is 9.84 Å². The monoisotopic (exact) mass is 343 g/mol. The molecule has 8 heteroatoms. The highest BCUT2D eigenvalue weighted by Gasteiger charge is 2.14. The quantitative estimate of drug-likeness (QED) is 0.558. The molecule has 0 radical (unpaired) electrons. The SMILES string of the molecule is CCNC(=NCCS(C)(=O)=O)NC(C)Cc1c(C)nn(C)c1C. The van der Waals surface area contributed by atoms with E-state index in [0.717, 1.165) is 24.4 Å². The van der Waals surface area contributed by atoms with Gasteiger partial charge in [0.05, 0.1) is 18.0 Å². The second kappa shape index (κ2) is 8.33. The summed E-state index contributed by atoms with van der Waals surface area (Å²) in [5, 5.41) is 10.9. The molecule has 2 N–H and O–H groups in total. The summed E-state index contributed by atoms with van der Waals surface area (Å²) < 4.78 is 24.3. The fraction of sp³-hybridized carbons (Fsp3) is 0.733. The van der Waals surface area contributed by atoms with Crippen LogP contribution in [0, 0.1) is 13.8 Å². The Hall–Kier alpha value is -1.57. The van der Waals surface area contributed by atoms with E-state index in [4.69, 9.17) is 0 Å². The van der Waals surface area contributed by atoms with Crippen LogP contribution in [0.1, 0.15) is 30.8 Å². The number of aryl methyl sites for hydroxylation is 2. The number of sulfone groups is 1. The van der Waals surface area contributed by atoms with E-state index >= 15 is 0 Å². The largest absolute Gasteiger partial charge is 0.357 e. The second-order valence-electron chi connectivity index (χ2n) is 5.91. The summed E-state index contributed by atoms with van der Waals surface area (Å²) in [5.41, 5.74) is 3.44. The van der Waals surface area contributed by atoms with E-state index in [-0.39, 0.29) is 18.3 Å². The molecule has 1 atom stereocenters. The number of rotatable bonds is 7. The number of hydrogen-bond donors (Lipinski definition) is 2. The Morgan fingerprint density at radius 3 is 2.52 bits per heavy atom. The van der Waals surface area contributed by atoms with Crippen LogP contribution in [0.15, 0.2) is 4.99 Å². The molecule has 23 heavy (non-hydrogen) atoms. The zero-order chi connectivity index (χ0) is 17.6. The Labute approximate surface area is 139 Å². The smallest absolute Gasteiger partial charge is 0.191 e. The van der Waals surface area contributed by atoms with Crippen LogP contribution in [0.2, 0.25) is 0 Å². The van der Waals surface area contributed by atoms with Crippen molar-refractivity contribution in [1.29, 1.82) is 0 Å². The minimum Gasteiger partial charge on any atom is -0.357 e. The average molecular weight is 343 g/mol. The van der Waals surface area contributed by atoms with Crippen molar-refractivity contribution < 1.29 is 8.42 Å². The van der Waals surface area contributed by atoms with Crippen LogP contribution in [-0.2, 0) is 23.3 Å². The van der Waals surface area contributed by atoms with Crippen LogP contribution in [-0.4, -0.2) is 55.3 Å². The second-order valence-corrected chi connectivity index (χ2v) is 8.17. The van der Waals surface area contributed by atoms with E-state index in [1.165, 1.54) is 11.8 Å². The van der Waals surface area contributed by atoms with Crippen LogP contribution in [0.5, 0.6) is 0 Å². The van der Waals surface area contributed by atoms with Gasteiger partial charge in [-0.05, 0) is 39.7 Å². The van der Waals surface area contributed by atoms with Gasteiger partial charge in [0, 0.05) is 31.6 Å². The summed E-state index contributed by atoms with van der Waals surface area (Å²) in [7, 11) is -1.05. The van der Waals surface area contributed by atoms with Gasteiger partial charge in [-0.15, -0.1) is 0 Å². The van der Waals surface area contributed by atoms with Crippen LogP contribution < -0.4 is 10.6 Å². The maximum Gasteiger partial charge on any atom is 0.191 e. The van der Waals surface area contributed by atoms with Crippen molar-refractivity contribution in [2.45, 2.75) is 40.2 Å². The van der Waals surface area contributed by atoms with Crippen molar-refractivity contribution in [2.24, 2.45) is 12.0 Å². The zero-order valence-corrected chi connectivity index (χ0v) is 15.8. The molecule has 132 valence electrons. The van der Waals surface area contributed by atoms with Gasteiger partial charge in [0.2, 0.25) is 0 Å². The van der Waals surface area contributed by atoms with Crippen LogP contribution in [0.4, 0.5) is 0 Å². The molecule has 0 amide bonds. The molecule has 1 rings (SSSR count). The number of hydrogen-bond acceptors (Lipinski definition) is 4. The molecule has 1 aromatic rings. The molecule has 0 aromatic carbocycles. The zero-order valence-electron chi connectivity index (χ0n) is 15.0. The van der Waals surface area contributed by atoms with E-state index in [9.17, 15) is 8.42 Å². The molecule has 0 aliphatic carbocycles. The lowest BCUT2D eigenvalue weighted by molar-refractivity contribution is 0.601. The summed E-state index contributed by atoms with van der Waals surface area (Å²) in [4.78, 5) is 4.32. The van der Waals surface area contributed by atoms with Gasteiger partial charge >= 0.3 is 0 Å². The number of aliphatic imine (C=N–C) groups is 1. The minimum atomic E-state index is -2.99. The molecule has 0 saturated heterocycles. The van der Waals surface area contributed by atoms with Gasteiger partial charge in [-0.25, -0.2) is 8.42 Å². The lowest BCUT2D eigenvalue weighted by atomic mass is 10.1. The molecule has 1 heterocycles. The fourth-order valence-electron chi connectivity index (χ4n) is 2.35. The summed E-state index contributed by atoms with van der Waals surface area (Å²) in [6.07, 6.45) is 2.06. The molecular formula is C15H29N5O2S. The highest BCUT2D eigenvalue weighted by molar-refractivity contribution is 7.90. The highest BCUT2D eigenvalue weighted by atomic mass is 32.2. The molecule has 0 aliphatic rings. The van der Waals surface area contributed by atoms with Gasteiger partial charge in [0.25, 0.3) is 0 Å². The summed E-state index contributed by atoms with van der Waals surface area (Å²) >= 11 is 0. The molecular weight excluding hydrogens is 314 g/mol. The third-order valence-electron chi connectivity index (χ3n) is 3.63. The van der Waals surface area contributed by atoms with E-state index in [1.54, 1.807) is 0 Å². The van der Waals surface area contributed by atoms with Crippen LogP contribution >= 0.6 is 0 Å². The Morgan fingerprint density at radius 1 is 1.39 bits per heavy atom. The molecule has 0 bridgehead atoms. The van der Waals surface area contributed by atoms with Crippen molar-refractivity contribution in [3.05, 3.63) is 17.0 Å². The molecule has 0 fully saturated rings. The first kappa shape index (κ1) is 19.5. The summed E-state index contributed by atoms with van der Waals surface area (Å²) in [6.45, 7) is 9.12. The van der Waals surface area contributed by atoms with Crippen molar-refractivity contribution in [3.8, 4) is 0 Å². The standard InChI is InChI=1S/C15H29N5O2S/c1-7-16-15(17-8-9-23(6,21)22)18-11(2)10-14-12(3)19-20(5)13(14)4/h11H,7-10H2,1-6H3,(H2,16,17,18). The number of nitrogens with zero attached hydrogens (tertiary/aromatic N) is 3. The molecule has 7 nitrogen and oxygen atoms in total. The van der Waals surface area contributed by atoms with Crippen LogP contribution in [0.3, 0.4) is 0 Å². The first-order valence-electron chi connectivity index (χ1n) is 7.85. The molecule has 0 saturated carbocycles. The Kier molecular flexibility index (Phi) is 7.05. The third kappa shape index (κ3) is 6.60. The van der Waals surface area contributed by atoms with Gasteiger partial charge in [-0.2, -0.15) is 5.10 Å². The number of guanidine groups is 1. The van der Waals surface area contributed by atoms with Gasteiger partial charge in [0.15, 0.2) is 5.96 Å². The first-order valence-corrected chi connectivity index (χ1v) is 9.91. The van der Waals surface area contributed by atoms with E-state index in [0.29, 0.717) is 5.96 Å². The normalized spacial score (nSPS) is 13.9. The molecule has 0 spiro atoms. The van der Waals surface area contributed by atoms with Gasteiger partial charge in [-0.3, -0.25) is 9.67 Å². The Balaban J connectivity index is 2.70. The lowest BCUT2D eigenvalue weighted by Crippen LogP contribution is -2.43. The van der Waals surface area contributed by atoms with Crippen molar-refractivity contribution >= 4 is 15.8 Å². The first-order chi connectivity index (χ1) is 10.6. The maximum absolute atomic E-state index is 11.2. The predicted octanol–water partition coefficient (Wildman–Crippen LogP) is 0.568. The Bertz CT molecular complexity index is 649. The lowest BCUT2D eigenvalue weighted by Gasteiger charge is -2.18. The highest BCUT2D eigenvalue weighted by Crippen LogP contribution is 2.14. The van der Waals surface area contributed by atoms with Gasteiger partial charge in [0.1, 0.15) is 9.84 Å². The molecule has 0 aliphatic heterocycles. The van der Waals surface area contributed by atoms with Crippen molar-refractivity contribution in [3.63, 3.8) is 0 Å². The van der Waals surface area contributed by atoms with Crippen LogP contribution in [0.25, 0.3) is 0 Å². The average Bonchev–Trinajstić information content (AvgIpc) is 2.64. The maximum atomic E-state index is 11.2. The van der Waals surface area contributed by atoms with E-state index in [1.807, 2.05) is 25.6 Å². The molecule has 1 unspecified atom stereocenters. The predicted molar refractivity (Wildman–Crippen MR) is 94.7 cm³/mol. The summed E-state index contributed by atoms with van der Waals surface area (Å²) in [5.74, 6) is 0.696. The number of aromatic nitrogens is 2. The van der Waals surface area contributed by atoms with Gasteiger partial charge < -0.3 is 10.6 Å². The van der Waals surface area contributed by atoms with E-state index in [2.05, 4.69) is 34.6 Å². The van der Waals surface area contributed by atoms with Gasteiger partial charge in [-0.1, -0.05) is 0 Å². The van der Waals surface area contributed by atoms with Crippen molar-refractivity contribution in [1.82, 2.24) is 20.4 Å². The fourth-order valence-corrected chi connectivity index (χ4v) is 2.77.